The van der Waals surface area contributed by atoms with Gasteiger partial charge >= 0.3 is 0 Å². The minimum Gasteiger partial charge on any atom is -0.372 e. The van der Waals surface area contributed by atoms with E-state index in [1.165, 1.54) is 57.1 Å². The van der Waals surface area contributed by atoms with Crippen LogP contribution in [-0.4, -0.2) is 43.0 Å². The molecule has 1 aliphatic carbocycles. The van der Waals surface area contributed by atoms with E-state index < -0.39 is 0 Å². The standard InChI is InChI=1S/C21H31N3O/c25-21(16-24-15-17-5-9-20(24)10-6-17)22-18-7-11-19(12-8-18)23-13-3-1-2-4-14-23/h7-8,11-12,17,20H,1-6,9-10,13-16H2,(H,22,25). The highest BCUT2D eigenvalue weighted by Crippen LogP contribution is 2.34. The number of amides is 1. The number of hydrogen-bond donors (Lipinski definition) is 1. The van der Waals surface area contributed by atoms with Crippen LogP contribution in [0, 0.1) is 5.92 Å². The van der Waals surface area contributed by atoms with Crippen LogP contribution in [0.3, 0.4) is 0 Å². The molecule has 2 bridgehead atoms. The van der Waals surface area contributed by atoms with Gasteiger partial charge in [-0.25, -0.2) is 0 Å². The number of carbonyl (C=O) groups is 1. The van der Waals surface area contributed by atoms with Gasteiger partial charge in [0.25, 0.3) is 0 Å². The fourth-order valence-corrected chi connectivity index (χ4v) is 4.84. The van der Waals surface area contributed by atoms with Crippen molar-refractivity contribution in [2.75, 3.05) is 36.4 Å². The van der Waals surface area contributed by atoms with Crippen LogP contribution in [0.15, 0.2) is 24.3 Å². The number of piperidine rings is 2. The van der Waals surface area contributed by atoms with Crippen molar-refractivity contribution >= 4 is 17.3 Å². The van der Waals surface area contributed by atoms with Crippen LogP contribution in [0.4, 0.5) is 11.4 Å². The Morgan fingerprint density at radius 3 is 2.24 bits per heavy atom. The lowest BCUT2D eigenvalue weighted by Crippen LogP contribution is -2.50. The van der Waals surface area contributed by atoms with Crippen LogP contribution in [0.2, 0.25) is 0 Å². The number of hydrogen-bond acceptors (Lipinski definition) is 3. The predicted octanol–water partition coefficient (Wildman–Crippen LogP) is 3.88. The summed E-state index contributed by atoms with van der Waals surface area (Å²) in [5, 5.41) is 3.09. The average molecular weight is 341 g/mol. The smallest absolute Gasteiger partial charge is 0.238 e. The van der Waals surface area contributed by atoms with E-state index in [-0.39, 0.29) is 5.91 Å². The van der Waals surface area contributed by atoms with Gasteiger partial charge < -0.3 is 10.2 Å². The van der Waals surface area contributed by atoms with Gasteiger partial charge in [-0.1, -0.05) is 12.8 Å². The minimum absolute atomic E-state index is 0.134. The quantitative estimate of drug-likeness (QED) is 0.903. The summed E-state index contributed by atoms with van der Waals surface area (Å²) in [4.78, 5) is 17.3. The molecule has 3 aliphatic heterocycles. The van der Waals surface area contributed by atoms with Crippen LogP contribution in [0.25, 0.3) is 0 Å². The molecule has 136 valence electrons. The van der Waals surface area contributed by atoms with Crippen LogP contribution in [-0.2, 0) is 4.79 Å². The summed E-state index contributed by atoms with van der Waals surface area (Å²) >= 11 is 0. The van der Waals surface area contributed by atoms with E-state index >= 15 is 0 Å². The third kappa shape index (κ3) is 4.17. The Bertz CT molecular complexity index is 569. The van der Waals surface area contributed by atoms with Gasteiger partial charge in [0.2, 0.25) is 5.91 Å². The highest BCUT2D eigenvalue weighted by Gasteiger charge is 2.34. The first kappa shape index (κ1) is 16.9. The van der Waals surface area contributed by atoms with Crippen molar-refractivity contribution in [3.63, 3.8) is 0 Å². The molecule has 1 aromatic carbocycles. The molecule has 4 fully saturated rings. The largest absolute Gasteiger partial charge is 0.372 e. The van der Waals surface area contributed by atoms with Crippen LogP contribution < -0.4 is 10.2 Å². The molecule has 3 heterocycles. The van der Waals surface area contributed by atoms with Gasteiger partial charge in [0.1, 0.15) is 0 Å². The van der Waals surface area contributed by atoms with Crippen molar-refractivity contribution in [3.05, 3.63) is 24.3 Å². The number of fused-ring (bicyclic) bond motifs is 3. The molecule has 3 saturated heterocycles. The van der Waals surface area contributed by atoms with Crippen molar-refractivity contribution in [2.24, 2.45) is 5.92 Å². The Kier molecular flexibility index (Phi) is 5.25. The van der Waals surface area contributed by atoms with E-state index in [0.29, 0.717) is 12.6 Å². The van der Waals surface area contributed by atoms with Crippen LogP contribution in [0.5, 0.6) is 0 Å². The fraction of sp³-hybridized carbons (Fsp3) is 0.667. The van der Waals surface area contributed by atoms with Crippen molar-refractivity contribution in [1.82, 2.24) is 4.90 Å². The summed E-state index contributed by atoms with van der Waals surface area (Å²) in [6, 6.07) is 9.07. The van der Waals surface area contributed by atoms with Gasteiger partial charge in [-0.15, -0.1) is 0 Å². The number of anilines is 2. The molecule has 1 aromatic rings. The number of nitrogens with one attached hydrogen (secondary N) is 1. The second-order valence-corrected chi connectivity index (χ2v) is 8.10. The minimum atomic E-state index is 0.134. The van der Waals surface area contributed by atoms with Gasteiger partial charge in [0.05, 0.1) is 6.54 Å². The third-order valence-corrected chi connectivity index (χ3v) is 6.29. The average Bonchev–Trinajstić information content (AvgIpc) is 2.93. The lowest BCUT2D eigenvalue weighted by atomic mass is 9.80. The number of nitrogens with zero attached hydrogens (tertiary/aromatic N) is 2. The first-order valence-electron chi connectivity index (χ1n) is 10.2. The molecular formula is C21H31N3O. The van der Waals surface area contributed by atoms with Gasteiger partial charge in [0.15, 0.2) is 0 Å². The second-order valence-electron chi connectivity index (χ2n) is 8.10. The summed E-state index contributed by atoms with van der Waals surface area (Å²) in [5.41, 5.74) is 2.21. The highest BCUT2D eigenvalue weighted by molar-refractivity contribution is 5.92. The van der Waals surface area contributed by atoms with E-state index in [1.807, 2.05) is 0 Å². The molecule has 0 aromatic heterocycles. The Hall–Kier alpha value is -1.55. The Morgan fingerprint density at radius 2 is 1.64 bits per heavy atom. The van der Waals surface area contributed by atoms with Gasteiger partial charge in [0, 0.05) is 37.1 Å². The van der Waals surface area contributed by atoms with Gasteiger partial charge in [-0.2, -0.15) is 0 Å². The maximum Gasteiger partial charge on any atom is 0.238 e. The summed E-state index contributed by atoms with van der Waals surface area (Å²) in [7, 11) is 0. The lowest BCUT2D eigenvalue weighted by molar-refractivity contribution is -0.119. The molecule has 4 heteroatoms. The molecular weight excluding hydrogens is 310 g/mol. The number of carbonyl (C=O) groups excluding carboxylic acids is 1. The SMILES string of the molecule is O=C(CN1CC2CCC1CC2)Nc1ccc(N2CCCCCC2)cc1. The van der Waals surface area contributed by atoms with Crippen LogP contribution >= 0.6 is 0 Å². The zero-order valence-corrected chi connectivity index (χ0v) is 15.3. The second kappa shape index (κ2) is 7.77. The monoisotopic (exact) mass is 341 g/mol. The molecule has 1 amide bonds. The normalized spacial score (nSPS) is 27.1. The Morgan fingerprint density at radius 1 is 0.960 bits per heavy atom. The Balaban J connectivity index is 1.30. The summed E-state index contributed by atoms with van der Waals surface area (Å²) < 4.78 is 0. The third-order valence-electron chi connectivity index (χ3n) is 6.29. The molecule has 0 atom stereocenters. The van der Waals surface area contributed by atoms with Crippen LogP contribution in [0.1, 0.15) is 51.4 Å². The zero-order chi connectivity index (χ0) is 17.1. The first-order valence-corrected chi connectivity index (χ1v) is 10.2. The Labute approximate surface area is 151 Å². The summed E-state index contributed by atoms with van der Waals surface area (Å²) in [6.07, 6.45) is 10.6. The maximum atomic E-state index is 12.4. The van der Waals surface area contributed by atoms with E-state index in [1.54, 1.807) is 0 Å². The zero-order valence-electron chi connectivity index (χ0n) is 15.3. The first-order chi connectivity index (χ1) is 12.3. The van der Waals surface area contributed by atoms with Gasteiger partial charge in [-0.05, 0) is 68.7 Å². The van der Waals surface area contributed by atoms with Crippen molar-refractivity contribution in [1.29, 1.82) is 0 Å². The van der Waals surface area contributed by atoms with Crippen molar-refractivity contribution in [2.45, 2.75) is 57.4 Å². The van der Waals surface area contributed by atoms with E-state index in [0.717, 1.165) is 31.2 Å². The highest BCUT2D eigenvalue weighted by atomic mass is 16.2. The molecule has 0 radical (unpaired) electrons. The predicted molar refractivity (Wildman–Crippen MR) is 103 cm³/mol. The maximum absolute atomic E-state index is 12.4. The molecule has 25 heavy (non-hydrogen) atoms. The molecule has 1 saturated carbocycles. The lowest BCUT2D eigenvalue weighted by Gasteiger charge is -2.44. The molecule has 5 rings (SSSR count). The molecule has 0 unspecified atom stereocenters. The molecule has 0 spiro atoms. The fourth-order valence-electron chi connectivity index (χ4n) is 4.84. The topological polar surface area (TPSA) is 35.6 Å². The van der Waals surface area contributed by atoms with Gasteiger partial charge in [-0.3, -0.25) is 9.69 Å². The van der Waals surface area contributed by atoms with Crippen molar-refractivity contribution in [3.8, 4) is 0 Å². The van der Waals surface area contributed by atoms with Crippen molar-refractivity contribution < 1.29 is 4.79 Å². The summed E-state index contributed by atoms with van der Waals surface area (Å²) in [5.74, 6) is 0.959. The molecule has 4 nitrogen and oxygen atoms in total. The summed E-state index contributed by atoms with van der Waals surface area (Å²) in [6.45, 7) is 3.98. The number of benzene rings is 1. The van der Waals surface area contributed by atoms with E-state index in [4.69, 9.17) is 0 Å². The molecule has 4 aliphatic rings. The van der Waals surface area contributed by atoms with E-state index in [2.05, 4.69) is 39.4 Å². The van der Waals surface area contributed by atoms with E-state index in [9.17, 15) is 4.79 Å². The number of rotatable bonds is 4. The molecule has 1 N–H and O–H groups in total.